The summed E-state index contributed by atoms with van der Waals surface area (Å²) in [7, 11) is 0. The lowest BCUT2D eigenvalue weighted by Crippen LogP contribution is -2.04. The third-order valence-corrected chi connectivity index (χ3v) is 12.4. The predicted molar refractivity (Wildman–Crippen MR) is 250 cm³/mol. The van der Waals surface area contributed by atoms with E-state index in [-0.39, 0.29) is 0 Å². The van der Waals surface area contributed by atoms with Crippen LogP contribution in [0.1, 0.15) is 0 Å². The minimum atomic E-state index is 0.875. The summed E-state index contributed by atoms with van der Waals surface area (Å²) in [5.74, 6) is 0.875. The van der Waals surface area contributed by atoms with Gasteiger partial charge in [-0.05, 0) is 84.9 Å². The van der Waals surface area contributed by atoms with Gasteiger partial charge in [-0.25, -0.2) is 4.98 Å². The SMILES string of the molecule is c1ccc(-n2c(-c3ccc(-n4c5ccccc5c5ccccc54)cc3)nc3c(-n4c5ccccc5c5ccccc54)ccc(-n4c5ccccc5c5ccccc54)c32)cc1. The maximum atomic E-state index is 5.77. The molecule has 0 saturated carbocycles. The predicted octanol–water partition coefficient (Wildman–Crippen LogP) is 14.0. The highest BCUT2D eigenvalue weighted by atomic mass is 15.1. The van der Waals surface area contributed by atoms with E-state index in [1.54, 1.807) is 0 Å². The Morgan fingerprint density at radius 1 is 0.267 bits per heavy atom. The molecule has 4 aromatic heterocycles. The van der Waals surface area contributed by atoms with Crippen LogP contribution in [0.15, 0.2) is 212 Å². The van der Waals surface area contributed by atoms with Gasteiger partial charge in [0.15, 0.2) is 0 Å². The molecule has 4 heterocycles. The first-order chi connectivity index (χ1) is 29.8. The molecule has 0 unspecified atom stereocenters. The first-order valence-electron chi connectivity index (χ1n) is 20.5. The third kappa shape index (κ3) is 4.60. The normalized spacial score (nSPS) is 12.0. The van der Waals surface area contributed by atoms with E-state index >= 15 is 0 Å². The highest BCUT2D eigenvalue weighted by Gasteiger charge is 2.25. The van der Waals surface area contributed by atoms with Crippen molar-refractivity contribution in [2.75, 3.05) is 0 Å². The second-order valence-corrected chi connectivity index (χ2v) is 15.6. The van der Waals surface area contributed by atoms with Crippen LogP contribution in [0.5, 0.6) is 0 Å². The van der Waals surface area contributed by atoms with E-state index in [4.69, 9.17) is 4.98 Å². The standard InChI is InChI=1S/C55H35N5/c1-2-16-37(17-3-1)58-54-52(60-49-28-14-8-22-43(49)44-23-9-15-29-50(44)60)35-34-51(59-47-26-12-6-20-41(47)42-21-7-13-27-48(42)59)53(54)56-55(58)36-30-32-38(33-31-36)57-45-24-10-4-18-39(45)40-19-5-11-25-46(40)57/h1-35H. The Labute approximate surface area is 344 Å². The van der Waals surface area contributed by atoms with Crippen molar-refractivity contribution in [2.45, 2.75) is 0 Å². The molecule has 0 fully saturated rings. The number of fused-ring (bicyclic) bond motifs is 10. The van der Waals surface area contributed by atoms with E-state index in [2.05, 4.69) is 231 Å². The lowest BCUT2D eigenvalue weighted by Gasteiger charge is -2.17. The molecule has 0 aliphatic carbocycles. The second kappa shape index (κ2) is 12.7. The molecule has 0 spiro atoms. The molecule has 13 aromatic rings. The van der Waals surface area contributed by atoms with Crippen LogP contribution < -0.4 is 0 Å². The van der Waals surface area contributed by atoms with Gasteiger partial charge in [-0.2, -0.15) is 0 Å². The van der Waals surface area contributed by atoms with Gasteiger partial charge < -0.3 is 13.7 Å². The number of imidazole rings is 1. The van der Waals surface area contributed by atoms with Gasteiger partial charge in [0, 0.05) is 49.3 Å². The smallest absolute Gasteiger partial charge is 0.145 e. The zero-order valence-electron chi connectivity index (χ0n) is 32.4. The van der Waals surface area contributed by atoms with Crippen LogP contribution >= 0.6 is 0 Å². The fourth-order valence-corrected chi connectivity index (χ4v) is 9.86. The Morgan fingerprint density at radius 3 is 1.07 bits per heavy atom. The Balaban J connectivity index is 1.14. The van der Waals surface area contributed by atoms with Crippen molar-refractivity contribution in [3.8, 4) is 34.1 Å². The van der Waals surface area contributed by atoms with Gasteiger partial charge in [-0.3, -0.25) is 4.57 Å². The average Bonchev–Trinajstić information content (AvgIpc) is 4.07. The molecule has 0 radical (unpaired) electrons. The number of hydrogen-bond donors (Lipinski definition) is 0. The Bertz CT molecular complexity index is 3660. The van der Waals surface area contributed by atoms with E-state index in [1.165, 1.54) is 43.4 Å². The summed E-state index contributed by atoms with van der Waals surface area (Å²) >= 11 is 0. The summed E-state index contributed by atoms with van der Waals surface area (Å²) in [5.41, 5.74) is 14.2. The number of benzene rings is 9. The highest BCUT2D eigenvalue weighted by Crippen LogP contribution is 2.42. The summed E-state index contributed by atoms with van der Waals surface area (Å²) in [4.78, 5) is 5.77. The molecule has 5 heteroatoms. The van der Waals surface area contributed by atoms with Crippen LogP contribution in [0.3, 0.4) is 0 Å². The minimum absolute atomic E-state index is 0.875. The molecule has 60 heavy (non-hydrogen) atoms. The summed E-state index contributed by atoms with van der Waals surface area (Å²) in [6.07, 6.45) is 0. The van der Waals surface area contributed by atoms with Crippen molar-refractivity contribution in [2.24, 2.45) is 0 Å². The van der Waals surface area contributed by atoms with E-state index in [1.807, 2.05) is 0 Å². The fourth-order valence-electron chi connectivity index (χ4n) is 9.86. The topological polar surface area (TPSA) is 32.6 Å². The lowest BCUT2D eigenvalue weighted by molar-refractivity contribution is 1.08. The highest BCUT2D eigenvalue weighted by molar-refractivity contribution is 6.13. The molecule has 0 bridgehead atoms. The van der Waals surface area contributed by atoms with Crippen molar-refractivity contribution >= 4 is 76.5 Å². The van der Waals surface area contributed by atoms with Crippen LogP contribution in [0.4, 0.5) is 0 Å². The molecular weight excluding hydrogens is 731 g/mol. The van der Waals surface area contributed by atoms with Crippen LogP contribution in [0.25, 0.3) is 111 Å². The summed E-state index contributed by atoms with van der Waals surface area (Å²) in [5, 5.41) is 7.38. The molecule has 0 aliphatic rings. The molecule has 9 aromatic carbocycles. The number of rotatable bonds is 5. The number of aromatic nitrogens is 5. The van der Waals surface area contributed by atoms with Crippen LogP contribution in [-0.2, 0) is 0 Å². The minimum Gasteiger partial charge on any atom is -0.309 e. The van der Waals surface area contributed by atoms with Crippen LogP contribution in [0.2, 0.25) is 0 Å². The van der Waals surface area contributed by atoms with Gasteiger partial charge in [0.25, 0.3) is 0 Å². The largest absolute Gasteiger partial charge is 0.309 e. The van der Waals surface area contributed by atoms with Gasteiger partial charge in [-0.15, -0.1) is 0 Å². The van der Waals surface area contributed by atoms with Gasteiger partial charge in [-0.1, -0.05) is 127 Å². The van der Waals surface area contributed by atoms with E-state index in [0.29, 0.717) is 0 Å². The first-order valence-corrected chi connectivity index (χ1v) is 20.5. The van der Waals surface area contributed by atoms with E-state index < -0.39 is 0 Å². The maximum absolute atomic E-state index is 5.77. The summed E-state index contributed by atoms with van der Waals surface area (Å²) < 4.78 is 9.58. The molecule has 13 rings (SSSR count). The lowest BCUT2D eigenvalue weighted by atomic mass is 10.1. The van der Waals surface area contributed by atoms with Crippen molar-refractivity contribution in [3.63, 3.8) is 0 Å². The van der Waals surface area contributed by atoms with Gasteiger partial charge in [0.05, 0.1) is 50.0 Å². The van der Waals surface area contributed by atoms with Gasteiger partial charge in [0.1, 0.15) is 11.3 Å². The fraction of sp³-hybridized carbons (Fsp3) is 0. The van der Waals surface area contributed by atoms with Crippen molar-refractivity contribution in [1.82, 2.24) is 23.3 Å². The molecule has 0 aliphatic heterocycles. The molecular formula is C55H35N5. The molecule has 0 saturated heterocycles. The molecule has 0 amide bonds. The zero-order valence-corrected chi connectivity index (χ0v) is 32.4. The first kappa shape index (κ1) is 32.9. The Hall–Kier alpha value is -8.15. The molecule has 0 atom stereocenters. The maximum Gasteiger partial charge on any atom is 0.145 e. The number of para-hydroxylation sites is 7. The molecule has 5 nitrogen and oxygen atoms in total. The number of nitrogens with zero attached hydrogens (tertiary/aromatic N) is 5. The van der Waals surface area contributed by atoms with E-state index in [0.717, 1.165) is 67.2 Å². The van der Waals surface area contributed by atoms with Gasteiger partial charge in [0.2, 0.25) is 0 Å². The number of hydrogen-bond acceptors (Lipinski definition) is 1. The zero-order chi connectivity index (χ0) is 39.3. The van der Waals surface area contributed by atoms with Crippen LogP contribution in [-0.4, -0.2) is 23.3 Å². The molecule has 280 valence electrons. The van der Waals surface area contributed by atoms with Crippen molar-refractivity contribution in [3.05, 3.63) is 212 Å². The quantitative estimate of drug-likeness (QED) is 0.172. The Morgan fingerprint density at radius 2 is 0.617 bits per heavy atom. The molecule has 0 N–H and O–H groups in total. The van der Waals surface area contributed by atoms with E-state index in [9.17, 15) is 0 Å². The average molecular weight is 766 g/mol. The summed E-state index contributed by atoms with van der Waals surface area (Å²) in [6, 6.07) is 76.5. The van der Waals surface area contributed by atoms with Crippen LogP contribution in [0, 0.1) is 0 Å². The van der Waals surface area contributed by atoms with Crippen molar-refractivity contribution in [1.29, 1.82) is 0 Å². The second-order valence-electron chi connectivity index (χ2n) is 15.6. The van der Waals surface area contributed by atoms with Crippen molar-refractivity contribution < 1.29 is 0 Å². The van der Waals surface area contributed by atoms with Gasteiger partial charge >= 0.3 is 0 Å². The Kier molecular flexibility index (Phi) is 6.95. The summed E-state index contributed by atoms with van der Waals surface area (Å²) in [6.45, 7) is 0. The monoisotopic (exact) mass is 765 g/mol. The third-order valence-electron chi connectivity index (χ3n) is 12.4.